The third-order valence-corrected chi connectivity index (χ3v) is 2.93. The van der Waals surface area contributed by atoms with Crippen molar-refractivity contribution in [3.63, 3.8) is 0 Å². The summed E-state index contributed by atoms with van der Waals surface area (Å²) in [7, 11) is 0. The quantitative estimate of drug-likeness (QED) is 0.715. The molecule has 104 valence electrons. The molecule has 0 heterocycles. The van der Waals surface area contributed by atoms with Crippen molar-refractivity contribution in [2.24, 2.45) is 11.7 Å². The molecule has 1 aromatic rings. The Kier molecular flexibility index (Phi) is 5.51. The van der Waals surface area contributed by atoms with Gasteiger partial charge < -0.3 is 16.2 Å². The molecule has 0 aliphatic rings. The molecule has 0 unspecified atom stereocenters. The molecule has 0 radical (unpaired) electrons. The highest BCUT2D eigenvalue weighted by molar-refractivity contribution is 5.87. The number of carbonyl (C=O) groups excluding carboxylic acids is 1. The molecule has 0 spiro atoms. The Morgan fingerprint density at radius 3 is 2.32 bits per heavy atom. The lowest BCUT2D eigenvalue weighted by atomic mass is 10.0. The number of rotatable bonds is 6. The topological polar surface area (TPSA) is 92.4 Å². The van der Waals surface area contributed by atoms with Crippen LogP contribution in [0, 0.1) is 5.92 Å². The van der Waals surface area contributed by atoms with E-state index in [0.29, 0.717) is 13.0 Å². The number of hydrogen-bond acceptors (Lipinski definition) is 3. The molecule has 0 fully saturated rings. The number of amides is 1. The highest BCUT2D eigenvalue weighted by atomic mass is 16.4. The van der Waals surface area contributed by atoms with Crippen LogP contribution in [0.1, 0.15) is 29.8 Å². The molecule has 0 aliphatic carbocycles. The van der Waals surface area contributed by atoms with E-state index in [-0.39, 0.29) is 17.4 Å². The van der Waals surface area contributed by atoms with E-state index in [4.69, 9.17) is 10.8 Å². The highest BCUT2D eigenvalue weighted by Crippen LogP contribution is 2.05. The zero-order valence-electron chi connectivity index (χ0n) is 11.2. The molecule has 5 heteroatoms. The molecule has 1 atom stereocenters. The molecule has 1 amide bonds. The van der Waals surface area contributed by atoms with Gasteiger partial charge in [0.15, 0.2) is 0 Å². The van der Waals surface area contributed by atoms with Crippen molar-refractivity contribution < 1.29 is 14.7 Å². The summed E-state index contributed by atoms with van der Waals surface area (Å²) in [5.41, 5.74) is 6.95. The van der Waals surface area contributed by atoms with Gasteiger partial charge in [-0.05, 0) is 30.0 Å². The van der Waals surface area contributed by atoms with Crippen molar-refractivity contribution in [1.82, 2.24) is 5.32 Å². The van der Waals surface area contributed by atoms with E-state index < -0.39 is 12.0 Å². The number of nitrogens with one attached hydrogen (secondary N) is 1. The van der Waals surface area contributed by atoms with Gasteiger partial charge in [0, 0.05) is 6.54 Å². The molecule has 4 N–H and O–H groups in total. The van der Waals surface area contributed by atoms with Crippen molar-refractivity contribution in [3.8, 4) is 0 Å². The fraction of sp³-hybridized carbons (Fsp3) is 0.429. The van der Waals surface area contributed by atoms with Crippen LogP contribution < -0.4 is 11.1 Å². The van der Waals surface area contributed by atoms with Crippen LogP contribution in [0.5, 0.6) is 0 Å². The van der Waals surface area contributed by atoms with E-state index in [0.717, 1.165) is 5.56 Å². The zero-order chi connectivity index (χ0) is 14.4. The van der Waals surface area contributed by atoms with Gasteiger partial charge in [-0.1, -0.05) is 26.0 Å². The third-order valence-electron chi connectivity index (χ3n) is 2.93. The molecule has 5 nitrogen and oxygen atoms in total. The summed E-state index contributed by atoms with van der Waals surface area (Å²) in [5.74, 6) is -0.991. The highest BCUT2D eigenvalue weighted by Gasteiger charge is 2.16. The average Bonchev–Trinajstić information content (AvgIpc) is 2.38. The van der Waals surface area contributed by atoms with Gasteiger partial charge >= 0.3 is 5.97 Å². The van der Waals surface area contributed by atoms with Gasteiger partial charge in [0.2, 0.25) is 5.91 Å². The first-order chi connectivity index (χ1) is 8.91. The second kappa shape index (κ2) is 6.89. The predicted octanol–water partition coefficient (Wildman–Crippen LogP) is 1.03. The SMILES string of the molecule is CC(C)[C@@H](N)C(=O)NCCc1ccc(C(=O)O)cc1. The second-order valence-corrected chi connectivity index (χ2v) is 4.81. The standard InChI is InChI=1S/C14H20N2O3/c1-9(2)12(15)13(17)16-8-7-10-3-5-11(6-4-10)14(18)19/h3-6,9,12H,7-8,15H2,1-2H3,(H,16,17)(H,18,19)/t12-/m1/s1. The van der Waals surface area contributed by atoms with Crippen molar-refractivity contribution in [1.29, 1.82) is 0 Å². The lowest BCUT2D eigenvalue weighted by Crippen LogP contribution is -2.44. The van der Waals surface area contributed by atoms with Gasteiger partial charge in [-0.2, -0.15) is 0 Å². The number of benzene rings is 1. The average molecular weight is 264 g/mol. The van der Waals surface area contributed by atoms with Crippen LogP contribution in [-0.2, 0) is 11.2 Å². The Morgan fingerprint density at radius 2 is 1.84 bits per heavy atom. The normalized spacial score (nSPS) is 12.2. The van der Waals surface area contributed by atoms with Crippen LogP contribution in [0.3, 0.4) is 0 Å². The van der Waals surface area contributed by atoms with Gasteiger partial charge in [0.1, 0.15) is 0 Å². The van der Waals surface area contributed by atoms with E-state index in [2.05, 4.69) is 5.32 Å². The minimum absolute atomic E-state index is 0.106. The van der Waals surface area contributed by atoms with Crippen molar-refractivity contribution >= 4 is 11.9 Å². The van der Waals surface area contributed by atoms with E-state index in [1.165, 1.54) is 0 Å². The first-order valence-electron chi connectivity index (χ1n) is 6.27. The molecule has 0 aliphatic heterocycles. The van der Waals surface area contributed by atoms with Gasteiger partial charge in [0.05, 0.1) is 11.6 Å². The van der Waals surface area contributed by atoms with Gasteiger partial charge in [-0.3, -0.25) is 4.79 Å². The molecule has 1 rings (SSSR count). The predicted molar refractivity (Wildman–Crippen MR) is 72.9 cm³/mol. The molecule has 0 aromatic heterocycles. The minimum atomic E-state index is -0.942. The van der Waals surface area contributed by atoms with E-state index in [9.17, 15) is 9.59 Å². The first-order valence-corrected chi connectivity index (χ1v) is 6.27. The number of carboxylic acid groups (broad SMARTS) is 1. The van der Waals surface area contributed by atoms with Gasteiger partial charge in [0.25, 0.3) is 0 Å². The molecule has 1 aromatic carbocycles. The van der Waals surface area contributed by atoms with Crippen LogP contribution in [-0.4, -0.2) is 29.6 Å². The fourth-order valence-electron chi connectivity index (χ4n) is 1.56. The van der Waals surface area contributed by atoms with Gasteiger partial charge in [-0.15, -0.1) is 0 Å². The van der Waals surface area contributed by atoms with E-state index in [1.54, 1.807) is 24.3 Å². The summed E-state index contributed by atoms with van der Waals surface area (Å²) < 4.78 is 0. The Labute approximate surface area is 112 Å². The summed E-state index contributed by atoms with van der Waals surface area (Å²) in [6.45, 7) is 4.29. The zero-order valence-corrected chi connectivity index (χ0v) is 11.2. The van der Waals surface area contributed by atoms with Crippen molar-refractivity contribution in [2.45, 2.75) is 26.3 Å². The Morgan fingerprint density at radius 1 is 1.26 bits per heavy atom. The maximum atomic E-state index is 11.6. The maximum absolute atomic E-state index is 11.6. The van der Waals surface area contributed by atoms with Crippen LogP contribution in [0.2, 0.25) is 0 Å². The summed E-state index contributed by atoms with van der Waals surface area (Å²) in [5, 5.41) is 11.5. The largest absolute Gasteiger partial charge is 0.478 e. The summed E-state index contributed by atoms with van der Waals surface area (Å²) in [6.07, 6.45) is 0.649. The third kappa shape index (κ3) is 4.71. The van der Waals surface area contributed by atoms with Crippen LogP contribution in [0.4, 0.5) is 0 Å². The molecule has 0 saturated carbocycles. The minimum Gasteiger partial charge on any atom is -0.478 e. The summed E-state index contributed by atoms with van der Waals surface area (Å²) in [6, 6.07) is 6.11. The smallest absolute Gasteiger partial charge is 0.335 e. The van der Waals surface area contributed by atoms with Crippen LogP contribution in [0.15, 0.2) is 24.3 Å². The first kappa shape index (κ1) is 15.2. The van der Waals surface area contributed by atoms with Crippen LogP contribution >= 0.6 is 0 Å². The van der Waals surface area contributed by atoms with Crippen LogP contribution in [0.25, 0.3) is 0 Å². The summed E-state index contributed by atoms with van der Waals surface area (Å²) >= 11 is 0. The molecular weight excluding hydrogens is 244 g/mol. The Balaban J connectivity index is 2.41. The fourth-order valence-corrected chi connectivity index (χ4v) is 1.56. The number of nitrogens with two attached hydrogens (primary N) is 1. The molecular formula is C14H20N2O3. The molecule has 0 saturated heterocycles. The van der Waals surface area contributed by atoms with Crippen molar-refractivity contribution in [2.75, 3.05) is 6.54 Å². The molecule has 19 heavy (non-hydrogen) atoms. The maximum Gasteiger partial charge on any atom is 0.335 e. The van der Waals surface area contributed by atoms with E-state index in [1.807, 2.05) is 13.8 Å². The monoisotopic (exact) mass is 264 g/mol. The number of hydrogen-bond donors (Lipinski definition) is 3. The Bertz CT molecular complexity index is 441. The Hall–Kier alpha value is -1.88. The van der Waals surface area contributed by atoms with Crippen molar-refractivity contribution in [3.05, 3.63) is 35.4 Å². The second-order valence-electron chi connectivity index (χ2n) is 4.81. The molecule has 0 bridgehead atoms. The number of aromatic carboxylic acids is 1. The van der Waals surface area contributed by atoms with Gasteiger partial charge in [-0.25, -0.2) is 4.79 Å². The lowest BCUT2D eigenvalue weighted by Gasteiger charge is -2.15. The lowest BCUT2D eigenvalue weighted by molar-refractivity contribution is -0.123. The number of carboxylic acids is 1. The van der Waals surface area contributed by atoms with E-state index >= 15 is 0 Å². The number of carbonyl (C=O) groups is 2. The summed E-state index contributed by atoms with van der Waals surface area (Å²) in [4.78, 5) is 22.3.